The van der Waals surface area contributed by atoms with Gasteiger partial charge in [-0.05, 0) is 54.1 Å². The number of nitrogens with two attached hydrogens (primary N) is 1. The van der Waals surface area contributed by atoms with Crippen LogP contribution in [0.15, 0.2) is 24.3 Å². The van der Waals surface area contributed by atoms with Gasteiger partial charge in [-0.2, -0.15) is 0 Å². The average molecular weight is 275 g/mol. The third kappa shape index (κ3) is 3.62. The predicted octanol–water partition coefficient (Wildman–Crippen LogP) is 4.00. The maximum atomic E-state index is 9.88. The molecule has 0 radical (unpaired) electrons. The molecular weight excluding hydrogens is 246 g/mol. The predicted molar refractivity (Wildman–Crippen MR) is 84.6 cm³/mol. The van der Waals surface area contributed by atoms with Gasteiger partial charge in [0, 0.05) is 6.54 Å². The number of aliphatic hydroxyl groups excluding tert-OH is 1. The first-order valence-electron chi connectivity index (χ1n) is 7.90. The molecule has 1 atom stereocenters. The summed E-state index contributed by atoms with van der Waals surface area (Å²) in [5.41, 5.74) is 8.32. The van der Waals surface area contributed by atoms with E-state index in [1.807, 2.05) is 6.07 Å². The molecule has 1 fully saturated rings. The van der Waals surface area contributed by atoms with Crippen molar-refractivity contribution in [2.75, 3.05) is 6.54 Å². The molecule has 1 aromatic carbocycles. The van der Waals surface area contributed by atoms with Crippen LogP contribution >= 0.6 is 0 Å². The Bertz CT molecular complexity index is 427. The van der Waals surface area contributed by atoms with E-state index in [1.165, 1.54) is 31.2 Å². The summed E-state index contributed by atoms with van der Waals surface area (Å²) in [6, 6.07) is 8.38. The fraction of sp³-hybridized carbons (Fsp3) is 0.667. The van der Waals surface area contributed by atoms with Gasteiger partial charge < -0.3 is 10.8 Å². The van der Waals surface area contributed by atoms with E-state index in [1.54, 1.807) is 0 Å². The van der Waals surface area contributed by atoms with Gasteiger partial charge in [0.2, 0.25) is 0 Å². The van der Waals surface area contributed by atoms with E-state index in [2.05, 4.69) is 39.0 Å². The highest BCUT2D eigenvalue weighted by Crippen LogP contribution is 2.43. The fourth-order valence-corrected chi connectivity index (χ4v) is 3.45. The Labute approximate surface area is 123 Å². The molecule has 112 valence electrons. The Hall–Kier alpha value is -0.860. The van der Waals surface area contributed by atoms with Gasteiger partial charge in [0.05, 0.1) is 6.10 Å². The second-order valence-corrected chi connectivity index (χ2v) is 7.34. The van der Waals surface area contributed by atoms with Gasteiger partial charge in [0.1, 0.15) is 0 Å². The maximum Gasteiger partial charge on any atom is 0.0912 e. The molecule has 0 aliphatic heterocycles. The molecule has 20 heavy (non-hydrogen) atoms. The molecule has 0 saturated heterocycles. The van der Waals surface area contributed by atoms with Crippen LogP contribution in [0.4, 0.5) is 0 Å². The smallest absolute Gasteiger partial charge is 0.0912 e. The monoisotopic (exact) mass is 275 g/mol. The Morgan fingerprint density at radius 1 is 1.20 bits per heavy atom. The minimum absolute atomic E-state index is 0.292. The van der Waals surface area contributed by atoms with Gasteiger partial charge >= 0.3 is 0 Å². The summed E-state index contributed by atoms with van der Waals surface area (Å²) in [6.07, 6.45) is 4.64. The zero-order chi connectivity index (χ0) is 14.8. The molecule has 1 aliphatic rings. The minimum Gasteiger partial charge on any atom is -0.387 e. The topological polar surface area (TPSA) is 46.2 Å². The molecule has 1 aromatic rings. The quantitative estimate of drug-likeness (QED) is 0.876. The summed E-state index contributed by atoms with van der Waals surface area (Å²) in [7, 11) is 0. The highest BCUT2D eigenvalue weighted by Gasteiger charge is 2.30. The molecule has 0 bridgehead atoms. The van der Waals surface area contributed by atoms with Crippen LogP contribution in [0.2, 0.25) is 0 Å². The van der Waals surface area contributed by atoms with E-state index in [4.69, 9.17) is 5.73 Å². The number of aliphatic hydroxyl groups is 1. The third-order valence-corrected chi connectivity index (χ3v) is 4.94. The fourth-order valence-electron chi connectivity index (χ4n) is 3.45. The number of rotatable bonds is 3. The van der Waals surface area contributed by atoms with Crippen LogP contribution < -0.4 is 5.73 Å². The molecular formula is C18H29NO. The van der Waals surface area contributed by atoms with Gasteiger partial charge in [-0.1, -0.05) is 45.0 Å². The van der Waals surface area contributed by atoms with Crippen LogP contribution in [0, 0.1) is 11.3 Å². The molecule has 0 aromatic heterocycles. The summed E-state index contributed by atoms with van der Waals surface area (Å²) < 4.78 is 0. The third-order valence-electron chi connectivity index (χ3n) is 4.94. The maximum absolute atomic E-state index is 9.88. The van der Waals surface area contributed by atoms with Gasteiger partial charge in [0.25, 0.3) is 0 Å². The van der Waals surface area contributed by atoms with E-state index < -0.39 is 6.10 Å². The van der Waals surface area contributed by atoms with E-state index in [-0.39, 0.29) is 0 Å². The van der Waals surface area contributed by atoms with Crippen molar-refractivity contribution in [3.8, 4) is 0 Å². The molecule has 3 N–H and O–H groups in total. The van der Waals surface area contributed by atoms with Gasteiger partial charge in [0.15, 0.2) is 0 Å². The van der Waals surface area contributed by atoms with Crippen molar-refractivity contribution in [1.29, 1.82) is 0 Å². The van der Waals surface area contributed by atoms with Crippen molar-refractivity contribution in [3.05, 3.63) is 35.4 Å². The van der Waals surface area contributed by atoms with Crippen LogP contribution in [-0.4, -0.2) is 11.7 Å². The van der Waals surface area contributed by atoms with E-state index in [9.17, 15) is 5.11 Å². The van der Waals surface area contributed by atoms with E-state index >= 15 is 0 Å². The lowest BCUT2D eigenvalue weighted by Gasteiger charge is -2.37. The standard InChI is InChI=1S/C18H29NO/c1-18(2,3)16-9-7-13(8-10-16)14-5-4-6-15(11-14)17(20)12-19/h4-6,11,13,16-17,20H,7-10,12,19H2,1-3H3. The number of hydrogen-bond donors (Lipinski definition) is 2. The summed E-state index contributed by atoms with van der Waals surface area (Å²) in [5.74, 6) is 1.50. The first kappa shape index (κ1) is 15.5. The van der Waals surface area contributed by atoms with Gasteiger partial charge in [-0.3, -0.25) is 0 Å². The second kappa shape index (κ2) is 6.28. The lowest BCUT2D eigenvalue weighted by molar-refractivity contribution is 0.168. The SMILES string of the molecule is CC(C)(C)C1CCC(c2cccc(C(O)CN)c2)CC1. The molecule has 1 unspecified atom stereocenters. The lowest BCUT2D eigenvalue weighted by Crippen LogP contribution is -2.25. The molecule has 0 heterocycles. The average Bonchev–Trinajstić information content (AvgIpc) is 2.46. The summed E-state index contributed by atoms with van der Waals surface area (Å²) in [5, 5.41) is 9.88. The van der Waals surface area contributed by atoms with Crippen molar-refractivity contribution in [2.45, 2.75) is 58.5 Å². The van der Waals surface area contributed by atoms with Crippen LogP contribution in [0.25, 0.3) is 0 Å². The van der Waals surface area contributed by atoms with Crippen molar-refractivity contribution in [3.63, 3.8) is 0 Å². The zero-order valence-corrected chi connectivity index (χ0v) is 13.1. The van der Waals surface area contributed by atoms with E-state index in [0.717, 1.165) is 11.5 Å². The van der Waals surface area contributed by atoms with Crippen LogP contribution in [-0.2, 0) is 0 Å². The second-order valence-electron chi connectivity index (χ2n) is 7.34. The van der Waals surface area contributed by atoms with E-state index in [0.29, 0.717) is 17.9 Å². The molecule has 0 amide bonds. The Morgan fingerprint density at radius 3 is 2.40 bits per heavy atom. The largest absolute Gasteiger partial charge is 0.387 e. The lowest BCUT2D eigenvalue weighted by atomic mass is 9.68. The van der Waals surface area contributed by atoms with Gasteiger partial charge in [-0.25, -0.2) is 0 Å². The molecule has 2 nitrogen and oxygen atoms in total. The minimum atomic E-state index is -0.527. The van der Waals surface area contributed by atoms with Crippen molar-refractivity contribution in [1.82, 2.24) is 0 Å². The Balaban J connectivity index is 2.04. The first-order chi connectivity index (χ1) is 9.41. The van der Waals surface area contributed by atoms with Crippen molar-refractivity contribution >= 4 is 0 Å². The Morgan fingerprint density at radius 2 is 1.85 bits per heavy atom. The summed E-state index contributed by atoms with van der Waals surface area (Å²) in [4.78, 5) is 0. The summed E-state index contributed by atoms with van der Waals surface area (Å²) >= 11 is 0. The summed E-state index contributed by atoms with van der Waals surface area (Å²) in [6.45, 7) is 7.36. The molecule has 2 heteroatoms. The highest BCUT2D eigenvalue weighted by atomic mass is 16.3. The first-order valence-corrected chi connectivity index (χ1v) is 7.90. The zero-order valence-electron chi connectivity index (χ0n) is 13.1. The number of benzene rings is 1. The molecule has 2 rings (SSSR count). The van der Waals surface area contributed by atoms with Crippen LogP contribution in [0.1, 0.15) is 69.6 Å². The van der Waals surface area contributed by atoms with Gasteiger partial charge in [-0.15, -0.1) is 0 Å². The highest BCUT2D eigenvalue weighted by molar-refractivity contribution is 5.28. The molecule has 0 spiro atoms. The number of hydrogen-bond acceptors (Lipinski definition) is 2. The van der Waals surface area contributed by atoms with Crippen LogP contribution in [0.3, 0.4) is 0 Å². The normalized spacial score (nSPS) is 25.4. The Kier molecular flexibility index (Phi) is 4.87. The van der Waals surface area contributed by atoms with Crippen molar-refractivity contribution < 1.29 is 5.11 Å². The molecule has 1 aliphatic carbocycles. The molecule has 1 saturated carbocycles. The van der Waals surface area contributed by atoms with Crippen molar-refractivity contribution in [2.24, 2.45) is 17.1 Å². The van der Waals surface area contributed by atoms with Crippen LogP contribution in [0.5, 0.6) is 0 Å².